The summed E-state index contributed by atoms with van der Waals surface area (Å²) in [6, 6.07) is 0.785. The predicted molar refractivity (Wildman–Crippen MR) is 55.8 cm³/mol. The highest BCUT2D eigenvalue weighted by molar-refractivity contribution is 4.95. The summed E-state index contributed by atoms with van der Waals surface area (Å²) in [5.41, 5.74) is 0.360. The molecule has 2 nitrogen and oxygen atoms in total. The van der Waals surface area contributed by atoms with Crippen LogP contribution in [0, 0.1) is 5.92 Å². The van der Waals surface area contributed by atoms with Gasteiger partial charge in [-0.05, 0) is 46.1 Å². The van der Waals surface area contributed by atoms with Gasteiger partial charge in [-0.25, -0.2) is 0 Å². The molecule has 0 bridgehead atoms. The molecule has 2 heterocycles. The highest BCUT2D eigenvalue weighted by Gasteiger charge is 2.38. The van der Waals surface area contributed by atoms with Gasteiger partial charge in [0.1, 0.15) is 0 Å². The molecule has 2 aliphatic heterocycles. The average Bonchev–Trinajstić information content (AvgIpc) is 2.45. The smallest absolute Gasteiger partial charge is 0.0235 e. The molecule has 2 saturated heterocycles. The van der Waals surface area contributed by atoms with Crippen molar-refractivity contribution in [2.75, 3.05) is 19.6 Å². The van der Waals surface area contributed by atoms with Crippen molar-refractivity contribution in [3.8, 4) is 0 Å². The van der Waals surface area contributed by atoms with Gasteiger partial charge in [-0.15, -0.1) is 0 Å². The Labute approximate surface area is 81.7 Å². The topological polar surface area (TPSA) is 15.3 Å². The van der Waals surface area contributed by atoms with Gasteiger partial charge in [0, 0.05) is 24.7 Å². The number of rotatable bonds is 0. The van der Waals surface area contributed by atoms with E-state index in [1.807, 2.05) is 0 Å². The summed E-state index contributed by atoms with van der Waals surface area (Å²) in [7, 11) is 0. The summed E-state index contributed by atoms with van der Waals surface area (Å²) in [5.74, 6) is 0.924. The molecule has 1 N–H and O–H groups in total. The van der Waals surface area contributed by atoms with Crippen molar-refractivity contribution in [2.45, 2.75) is 45.2 Å². The zero-order chi connectivity index (χ0) is 9.47. The Kier molecular flexibility index (Phi) is 2.37. The summed E-state index contributed by atoms with van der Waals surface area (Å²) in [4.78, 5) is 2.63. The third-order valence-corrected chi connectivity index (χ3v) is 3.55. The van der Waals surface area contributed by atoms with E-state index in [-0.39, 0.29) is 0 Å². The van der Waals surface area contributed by atoms with Crippen molar-refractivity contribution < 1.29 is 0 Å². The molecule has 2 heteroatoms. The quantitative estimate of drug-likeness (QED) is 0.610. The summed E-state index contributed by atoms with van der Waals surface area (Å²) < 4.78 is 0. The van der Waals surface area contributed by atoms with E-state index in [1.165, 1.54) is 32.5 Å². The first-order chi connectivity index (χ1) is 6.07. The Bertz CT molecular complexity index is 169. The van der Waals surface area contributed by atoms with E-state index < -0.39 is 0 Å². The zero-order valence-corrected chi connectivity index (χ0v) is 9.14. The largest absolute Gasteiger partial charge is 0.312 e. The van der Waals surface area contributed by atoms with Crippen LogP contribution in [0.2, 0.25) is 0 Å². The lowest BCUT2D eigenvalue weighted by Gasteiger charge is -2.31. The number of hydrogen-bond donors (Lipinski definition) is 1. The van der Waals surface area contributed by atoms with E-state index in [9.17, 15) is 0 Å². The minimum Gasteiger partial charge on any atom is -0.312 e. The average molecular weight is 182 g/mol. The Morgan fingerprint density at radius 1 is 1.23 bits per heavy atom. The molecule has 2 aliphatic rings. The Morgan fingerprint density at radius 2 is 2.00 bits per heavy atom. The summed E-state index contributed by atoms with van der Waals surface area (Å²) in [6.07, 6.45) is 2.81. The third kappa shape index (κ3) is 1.89. The van der Waals surface area contributed by atoms with Crippen LogP contribution >= 0.6 is 0 Å². The zero-order valence-electron chi connectivity index (χ0n) is 9.14. The van der Waals surface area contributed by atoms with Gasteiger partial charge < -0.3 is 5.32 Å². The molecular formula is C11H22N2. The number of nitrogens with one attached hydrogen (secondary N) is 1. The second kappa shape index (κ2) is 3.25. The van der Waals surface area contributed by atoms with Crippen LogP contribution in [0.5, 0.6) is 0 Å². The molecule has 2 atom stereocenters. The standard InChI is InChI=1S/C11H22N2/c1-11(2,3)13-7-9-5-4-6-12-10(9)8-13/h9-10,12H,4-8H2,1-3H3/t9-,10+/m0/s1. The molecule has 0 aliphatic carbocycles. The van der Waals surface area contributed by atoms with Crippen LogP contribution in [-0.4, -0.2) is 36.1 Å². The molecule has 0 unspecified atom stereocenters. The summed E-state index contributed by atoms with van der Waals surface area (Å²) >= 11 is 0. The lowest BCUT2D eigenvalue weighted by Crippen LogP contribution is -2.43. The Balaban J connectivity index is 1.99. The van der Waals surface area contributed by atoms with Crippen LogP contribution in [0.1, 0.15) is 33.6 Å². The first-order valence-corrected chi connectivity index (χ1v) is 5.56. The lowest BCUT2D eigenvalue weighted by atomic mass is 9.94. The number of piperidine rings is 1. The van der Waals surface area contributed by atoms with E-state index in [1.54, 1.807) is 0 Å². The number of likely N-dealkylation sites (tertiary alicyclic amines) is 1. The fourth-order valence-corrected chi connectivity index (χ4v) is 2.59. The molecule has 13 heavy (non-hydrogen) atoms. The van der Waals surface area contributed by atoms with Gasteiger partial charge >= 0.3 is 0 Å². The molecule has 0 radical (unpaired) electrons. The monoisotopic (exact) mass is 182 g/mol. The van der Waals surface area contributed by atoms with Gasteiger partial charge in [0.25, 0.3) is 0 Å². The molecule has 76 valence electrons. The molecule has 0 aromatic rings. The normalized spacial score (nSPS) is 36.2. The van der Waals surface area contributed by atoms with Gasteiger partial charge in [0.2, 0.25) is 0 Å². The first-order valence-electron chi connectivity index (χ1n) is 5.56. The molecule has 0 aromatic heterocycles. The van der Waals surface area contributed by atoms with Crippen molar-refractivity contribution in [2.24, 2.45) is 5.92 Å². The Hall–Kier alpha value is -0.0800. The molecule has 0 aromatic carbocycles. The SMILES string of the molecule is CC(C)(C)N1C[C@@H]2CCCN[C@@H]2C1. The lowest BCUT2D eigenvalue weighted by molar-refractivity contribution is 0.167. The summed E-state index contributed by atoms with van der Waals surface area (Å²) in [6.45, 7) is 10.8. The van der Waals surface area contributed by atoms with Crippen molar-refractivity contribution in [1.29, 1.82) is 0 Å². The fraction of sp³-hybridized carbons (Fsp3) is 1.00. The molecule has 0 amide bonds. The van der Waals surface area contributed by atoms with Gasteiger partial charge in [0.15, 0.2) is 0 Å². The van der Waals surface area contributed by atoms with Gasteiger partial charge in [0.05, 0.1) is 0 Å². The van der Waals surface area contributed by atoms with Gasteiger partial charge in [-0.3, -0.25) is 4.90 Å². The van der Waals surface area contributed by atoms with E-state index in [2.05, 4.69) is 31.0 Å². The number of fused-ring (bicyclic) bond motifs is 1. The van der Waals surface area contributed by atoms with E-state index in [0.29, 0.717) is 5.54 Å². The highest BCUT2D eigenvalue weighted by Crippen LogP contribution is 2.29. The van der Waals surface area contributed by atoms with Crippen LogP contribution in [0.25, 0.3) is 0 Å². The molecule has 0 saturated carbocycles. The fourth-order valence-electron chi connectivity index (χ4n) is 2.59. The second-order valence-electron chi connectivity index (χ2n) is 5.54. The maximum absolute atomic E-state index is 3.64. The van der Waals surface area contributed by atoms with Crippen molar-refractivity contribution in [3.63, 3.8) is 0 Å². The van der Waals surface area contributed by atoms with Crippen LogP contribution in [0.3, 0.4) is 0 Å². The first kappa shape index (κ1) is 9.47. The minimum absolute atomic E-state index is 0.360. The highest BCUT2D eigenvalue weighted by atomic mass is 15.2. The van der Waals surface area contributed by atoms with Crippen molar-refractivity contribution in [1.82, 2.24) is 10.2 Å². The predicted octanol–water partition coefficient (Wildman–Crippen LogP) is 1.47. The molecule has 2 rings (SSSR count). The maximum atomic E-state index is 3.64. The molecular weight excluding hydrogens is 160 g/mol. The Morgan fingerprint density at radius 3 is 2.62 bits per heavy atom. The van der Waals surface area contributed by atoms with Crippen LogP contribution < -0.4 is 5.32 Å². The van der Waals surface area contributed by atoms with Gasteiger partial charge in [-0.1, -0.05) is 0 Å². The van der Waals surface area contributed by atoms with E-state index in [4.69, 9.17) is 0 Å². The third-order valence-electron chi connectivity index (χ3n) is 3.55. The van der Waals surface area contributed by atoms with Crippen LogP contribution in [0.15, 0.2) is 0 Å². The maximum Gasteiger partial charge on any atom is 0.0235 e. The molecule has 2 fully saturated rings. The minimum atomic E-state index is 0.360. The van der Waals surface area contributed by atoms with Crippen molar-refractivity contribution >= 4 is 0 Å². The van der Waals surface area contributed by atoms with Gasteiger partial charge in [-0.2, -0.15) is 0 Å². The van der Waals surface area contributed by atoms with E-state index in [0.717, 1.165) is 12.0 Å². The molecule has 0 spiro atoms. The summed E-state index contributed by atoms with van der Waals surface area (Å²) in [5, 5.41) is 3.64. The van der Waals surface area contributed by atoms with Crippen molar-refractivity contribution in [3.05, 3.63) is 0 Å². The van der Waals surface area contributed by atoms with Crippen LogP contribution in [-0.2, 0) is 0 Å². The van der Waals surface area contributed by atoms with Crippen LogP contribution in [0.4, 0.5) is 0 Å². The number of nitrogens with zero attached hydrogens (tertiary/aromatic N) is 1. The van der Waals surface area contributed by atoms with E-state index >= 15 is 0 Å². The number of hydrogen-bond acceptors (Lipinski definition) is 2. The second-order valence-corrected chi connectivity index (χ2v) is 5.54.